The molecule has 4 rings (SSSR count). The van der Waals surface area contributed by atoms with E-state index in [0.29, 0.717) is 38.5 Å². The summed E-state index contributed by atoms with van der Waals surface area (Å²) in [5.41, 5.74) is 2.98. The van der Waals surface area contributed by atoms with Gasteiger partial charge >= 0.3 is 5.97 Å². The van der Waals surface area contributed by atoms with Crippen LogP contribution in [0.2, 0.25) is 5.02 Å². The summed E-state index contributed by atoms with van der Waals surface area (Å²) in [6, 6.07) is 12.3. The number of aryl methyl sites for hydroxylation is 1. The molecule has 2 heterocycles. The molecule has 0 saturated heterocycles. The van der Waals surface area contributed by atoms with Crippen LogP contribution in [0.25, 0.3) is 6.08 Å². The van der Waals surface area contributed by atoms with Gasteiger partial charge in [0.15, 0.2) is 22.9 Å². The minimum absolute atomic E-state index is 0.182. The Labute approximate surface area is 228 Å². The Morgan fingerprint density at radius 2 is 1.92 bits per heavy atom. The minimum Gasteiger partial charge on any atom is -0.490 e. The smallest absolute Gasteiger partial charge is 0.338 e. The number of thiazole rings is 1. The van der Waals surface area contributed by atoms with Gasteiger partial charge in [-0.05, 0) is 57.0 Å². The second kappa shape index (κ2) is 11.7. The minimum atomic E-state index is -0.683. The highest BCUT2D eigenvalue weighted by atomic mass is 35.5. The van der Waals surface area contributed by atoms with Crippen LogP contribution in [-0.4, -0.2) is 30.4 Å². The molecule has 0 amide bonds. The van der Waals surface area contributed by atoms with E-state index in [1.54, 1.807) is 32.1 Å². The van der Waals surface area contributed by atoms with Crippen LogP contribution >= 0.6 is 22.9 Å². The first-order valence-electron chi connectivity index (χ1n) is 12.0. The number of hydrogen-bond acceptors (Lipinski definition) is 8. The molecule has 8 nitrogen and oxygen atoms in total. The van der Waals surface area contributed by atoms with E-state index in [2.05, 4.69) is 4.99 Å². The number of ether oxygens (including phenoxy) is 3. The molecule has 2 aromatic carbocycles. The molecule has 0 fully saturated rings. The van der Waals surface area contributed by atoms with Crippen molar-refractivity contribution in [3.8, 4) is 17.6 Å². The molecule has 3 aromatic rings. The summed E-state index contributed by atoms with van der Waals surface area (Å²) in [6.45, 7) is 7.66. The van der Waals surface area contributed by atoms with Crippen molar-refractivity contribution < 1.29 is 19.0 Å². The number of halogens is 1. The molecular weight excluding hydrogens is 526 g/mol. The number of carbonyl (C=O) groups is 1. The second-order valence-corrected chi connectivity index (χ2v) is 9.84. The normalized spacial score (nSPS) is 14.9. The predicted octanol–water partition coefficient (Wildman–Crippen LogP) is 4.06. The third kappa shape index (κ3) is 5.37. The summed E-state index contributed by atoms with van der Waals surface area (Å²) >= 11 is 7.66. The first kappa shape index (κ1) is 27.2. The summed E-state index contributed by atoms with van der Waals surface area (Å²) < 4.78 is 18.4. The summed E-state index contributed by atoms with van der Waals surface area (Å²) in [5.74, 6) is 0.129. The monoisotopic (exact) mass is 551 g/mol. The van der Waals surface area contributed by atoms with E-state index in [1.807, 2.05) is 44.2 Å². The molecule has 1 aromatic heterocycles. The fourth-order valence-electron chi connectivity index (χ4n) is 4.19. The van der Waals surface area contributed by atoms with Gasteiger partial charge in [-0.15, -0.1) is 0 Å². The lowest BCUT2D eigenvalue weighted by atomic mass is 9.95. The Morgan fingerprint density at radius 1 is 1.18 bits per heavy atom. The van der Waals surface area contributed by atoms with E-state index >= 15 is 0 Å². The largest absolute Gasteiger partial charge is 0.490 e. The maximum Gasteiger partial charge on any atom is 0.338 e. The van der Waals surface area contributed by atoms with Gasteiger partial charge in [-0.2, -0.15) is 5.26 Å². The number of aromatic nitrogens is 1. The maximum atomic E-state index is 13.8. The lowest BCUT2D eigenvalue weighted by molar-refractivity contribution is -0.139. The number of nitriles is 1. The van der Waals surface area contributed by atoms with E-state index in [1.165, 1.54) is 15.9 Å². The second-order valence-electron chi connectivity index (χ2n) is 8.42. The van der Waals surface area contributed by atoms with E-state index in [0.717, 1.165) is 11.1 Å². The number of fused-ring (bicyclic) bond motifs is 1. The number of allylic oxidation sites excluding steroid dienone is 1. The summed E-state index contributed by atoms with van der Waals surface area (Å²) in [6.07, 6.45) is 1.70. The van der Waals surface area contributed by atoms with Crippen LogP contribution in [0.1, 0.15) is 43.5 Å². The van der Waals surface area contributed by atoms with Gasteiger partial charge in [-0.3, -0.25) is 9.36 Å². The lowest BCUT2D eigenvalue weighted by Gasteiger charge is -2.24. The molecule has 0 unspecified atom stereocenters. The Kier molecular flexibility index (Phi) is 8.35. The van der Waals surface area contributed by atoms with E-state index < -0.39 is 12.0 Å². The van der Waals surface area contributed by atoms with Gasteiger partial charge in [0.25, 0.3) is 5.56 Å². The van der Waals surface area contributed by atoms with Gasteiger partial charge < -0.3 is 14.2 Å². The van der Waals surface area contributed by atoms with E-state index in [4.69, 9.17) is 31.1 Å². The molecule has 1 aliphatic heterocycles. The number of esters is 1. The fourth-order valence-corrected chi connectivity index (χ4v) is 5.51. The van der Waals surface area contributed by atoms with Crippen molar-refractivity contribution in [2.75, 3.05) is 19.8 Å². The van der Waals surface area contributed by atoms with Crippen molar-refractivity contribution in [3.63, 3.8) is 0 Å². The fraction of sp³-hybridized carbons (Fsp3) is 0.286. The number of nitrogens with zero attached hydrogens (tertiary/aromatic N) is 3. The standard InChI is InChI=1S/C28H26ClN3O5S/c1-5-35-21-14-18(13-20(29)25(21)37-12-11-30)15-22-26(33)32-24(19-9-7-16(3)8-10-19)23(27(34)36-6-2)17(4)31-28(32)38-22/h7-10,13-15,24H,5-6,12H2,1-4H3/b22-15+/t24-/m1/s1. The highest BCUT2D eigenvalue weighted by Gasteiger charge is 2.33. The first-order valence-corrected chi connectivity index (χ1v) is 13.2. The molecule has 0 saturated carbocycles. The summed E-state index contributed by atoms with van der Waals surface area (Å²) in [5, 5.41) is 9.13. The van der Waals surface area contributed by atoms with Crippen LogP contribution in [0.4, 0.5) is 0 Å². The van der Waals surface area contributed by atoms with E-state index in [9.17, 15) is 9.59 Å². The van der Waals surface area contributed by atoms with Crippen molar-refractivity contribution in [1.29, 1.82) is 5.26 Å². The number of hydrogen-bond donors (Lipinski definition) is 0. The van der Waals surface area contributed by atoms with Gasteiger partial charge in [0.2, 0.25) is 0 Å². The third-order valence-electron chi connectivity index (χ3n) is 5.82. The molecule has 0 bridgehead atoms. The van der Waals surface area contributed by atoms with Gasteiger partial charge in [-0.1, -0.05) is 52.8 Å². The number of rotatable bonds is 8. The van der Waals surface area contributed by atoms with E-state index in [-0.39, 0.29) is 29.5 Å². The highest BCUT2D eigenvalue weighted by Crippen LogP contribution is 2.37. The molecule has 10 heteroatoms. The molecule has 1 atom stereocenters. The zero-order valence-corrected chi connectivity index (χ0v) is 23.0. The van der Waals surface area contributed by atoms with Gasteiger partial charge in [0, 0.05) is 0 Å². The molecule has 0 spiro atoms. The molecule has 1 aliphatic rings. The lowest BCUT2D eigenvalue weighted by Crippen LogP contribution is -2.39. The summed E-state index contributed by atoms with van der Waals surface area (Å²) in [7, 11) is 0. The van der Waals surface area contributed by atoms with Crippen molar-refractivity contribution in [1.82, 2.24) is 4.57 Å². The van der Waals surface area contributed by atoms with Crippen LogP contribution < -0.4 is 24.4 Å². The van der Waals surface area contributed by atoms with Crippen molar-refractivity contribution in [2.45, 2.75) is 33.7 Å². The first-order chi connectivity index (χ1) is 18.3. The SMILES string of the molecule is CCOC(=O)C1=C(C)N=c2s/c(=C/c3cc(Cl)c(OCC#N)c(OCC)c3)c(=O)n2[C@@H]1c1ccc(C)cc1. The van der Waals surface area contributed by atoms with Gasteiger partial charge in [0.1, 0.15) is 6.07 Å². The van der Waals surface area contributed by atoms with Crippen molar-refractivity contribution in [2.24, 2.45) is 4.99 Å². The Hall–Kier alpha value is -3.87. The van der Waals surface area contributed by atoms with Crippen LogP contribution in [0.5, 0.6) is 11.5 Å². The van der Waals surface area contributed by atoms with Crippen LogP contribution in [0.15, 0.2) is 57.5 Å². The average Bonchev–Trinajstić information content (AvgIpc) is 3.17. The molecule has 0 radical (unpaired) electrons. The van der Waals surface area contributed by atoms with Crippen LogP contribution in [-0.2, 0) is 9.53 Å². The van der Waals surface area contributed by atoms with Crippen LogP contribution in [0.3, 0.4) is 0 Å². The van der Waals surface area contributed by atoms with Crippen molar-refractivity contribution in [3.05, 3.63) is 89.1 Å². The molecule has 0 N–H and O–H groups in total. The Balaban J connectivity index is 1.90. The molecular formula is C28H26ClN3O5S. The van der Waals surface area contributed by atoms with Gasteiger partial charge in [-0.25, -0.2) is 9.79 Å². The third-order valence-corrected chi connectivity index (χ3v) is 7.08. The maximum absolute atomic E-state index is 13.8. The number of carbonyl (C=O) groups excluding carboxylic acids is 1. The molecule has 38 heavy (non-hydrogen) atoms. The highest BCUT2D eigenvalue weighted by molar-refractivity contribution is 7.07. The van der Waals surface area contributed by atoms with Crippen LogP contribution in [0, 0.1) is 18.3 Å². The molecule has 196 valence electrons. The molecule has 0 aliphatic carbocycles. The van der Waals surface area contributed by atoms with Crippen molar-refractivity contribution >= 4 is 35.0 Å². The Morgan fingerprint density at radius 3 is 2.58 bits per heavy atom. The topological polar surface area (TPSA) is 103 Å². The average molecular weight is 552 g/mol. The zero-order valence-electron chi connectivity index (χ0n) is 21.4. The van der Waals surface area contributed by atoms with Gasteiger partial charge in [0.05, 0.1) is 40.1 Å². The quantitative estimate of drug-likeness (QED) is 0.391. The summed E-state index contributed by atoms with van der Waals surface area (Å²) in [4.78, 5) is 31.9. The zero-order chi connectivity index (χ0) is 27.4. The number of benzene rings is 2. The predicted molar refractivity (Wildman–Crippen MR) is 145 cm³/mol. The Bertz CT molecular complexity index is 1630.